The topological polar surface area (TPSA) is 73.3 Å². The van der Waals surface area contributed by atoms with Crippen LogP contribution in [0.25, 0.3) is 17.0 Å². The van der Waals surface area contributed by atoms with Crippen LogP contribution in [-0.4, -0.2) is 21.2 Å². The second kappa shape index (κ2) is 3.49. The van der Waals surface area contributed by atoms with Crippen LogP contribution in [0.1, 0.15) is 5.56 Å². The third-order valence-corrected chi connectivity index (χ3v) is 2.13. The number of nitrogens with one attached hydrogen (secondary N) is 1. The Balaban J connectivity index is 2.54. The summed E-state index contributed by atoms with van der Waals surface area (Å²) in [7, 11) is 0. The molecular formula is C11H9NO3. The van der Waals surface area contributed by atoms with Crippen LogP contribution in [0.4, 0.5) is 0 Å². The van der Waals surface area contributed by atoms with Gasteiger partial charge >= 0.3 is 5.97 Å². The number of hydrogen-bond acceptors (Lipinski definition) is 2. The lowest BCUT2D eigenvalue weighted by Gasteiger charge is -1.92. The molecule has 15 heavy (non-hydrogen) atoms. The Morgan fingerprint density at radius 3 is 2.73 bits per heavy atom. The van der Waals surface area contributed by atoms with Crippen LogP contribution in [0.3, 0.4) is 0 Å². The summed E-state index contributed by atoms with van der Waals surface area (Å²) >= 11 is 0. The van der Waals surface area contributed by atoms with Gasteiger partial charge in [0.15, 0.2) is 0 Å². The molecule has 0 aliphatic rings. The van der Waals surface area contributed by atoms with Crippen LogP contribution >= 0.6 is 0 Å². The van der Waals surface area contributed by atoms with Crippen LogP contribution in [0, 0.1) is 0 Å². The fourth-order valence-corrected chi connectivity index (χ4v) is 1.42. The number of aromatic nitrogens is 1. The van der Waals surface area contributed by atoms with Gasteiger partial charge < -0.3 is 15.2 Å². The van der Waals surface area contributed by atoms with Gasteiger partial charge in [0.05, 0.1) is 0 Å². The minimum Gasteiger partial charge on any atom is -0.502 e. The van der Waals surface area contributed by atoms with E-state index in [4.69, 9.17) is 10.2 Å². The van der Waals surface area contributed by atoms with Gasteiger partial charge in [0, 0.05) is 22.7 Å². The summed E-state index contributed by atoms with van der Waals surface area (Å²) in [5.41, 5.74) is 1.56. The summed E-state index contributed by atoms with van der Waals surface area (Å²) in [6.45, 7) is 0. The maximum absolute atomic E-state index is 10.4. The van der Waals surface area contributed by atoms with Crippen molar-refractivity contribution in [3.8, 4) is 0 Å². The number of aromatic amines is 1. The average molecular weight is 203 g/mol. The van der Waals surface area contributed by atoms with Gasteiger partial charge in [0.25, 0.3) is 0 Å². The van der Waals surface area contributed by atoms with Crippen molar-refractivity contribution in [2.45, 2.75) is 0 Å². The SMILES string of the molecule is O=C(O)/C(O)=C/c1c[nH]c2ccccc12. The lowest BCUT2D eigenvalue weighted by molar-refractivity contribution is -0.135. The molecule has 0 saturated carbocycles. The third kappa shape index (κ3) is 1.69. The smallest absolute Gasteiger partial charge is 0.370 e. The van der Waals surface area contributed by atoms with E-state index in [2.05, 4.69) is 4.98 Å². The lowest BCUT2D eigenvalue weighted by Crippen LogP contribution is -1.97. The molecule has 0 unspecified atom stereocenters. The van der Waals surface area contributed by atoms with E-state index in [-0.39, 0.29) is 0 Å². The largest absolute Gasteiger partial charge is 0.502 e. The van der Waals surface area contributed by atoms with Crippen LogP contribution in [0.2, 0.25) is 0 Å². The molecule has 1 heterocycles. The monoisotopic (exact) mass is 203 g/mol. The molecule has 1 aromatic carbocycles. The van der Waals surface area contributed by atoms with Crippen molar-refractivity contribution in [2.75, 3.05) is 0 Å². The van der Waals surface area contributed by atoms with Crippen LogP contribution < -0.4 is 0 Å². The number of carboxylic acids is 1. The summed E-state index contributed by atoms with van der Waals surface area (Å²) in [4.78, 5) is 13.4. The predicted molar refractivity (Wildman–Crippen MR) is 56.5 cm³/mol. The number of benzene rings is 1. The minimum absolute atomic E-state index is 0.658. The van der Waals surface area contributed by atoms with Gasteiger partial charge in [-0.25, -0.2) is 4.79 Å². The van der Waals surface area contributed by atoms with Gasteiger partial charge in [0.1, 0.15) is 0 Å². The summed E-state index contributed by atoms with van der Waals surface area (Å²) in [5.74, 6) is -2.00. The first kappa shape index (κ1) is 9.33. The fraction of sp³-hybridized carbons (Fsp3) is 0. The van der Waals surface area contributed by atoms with E-state index in [0.29, 0.717) is 5.56 Å². The highest BCUT2D eigenvalue weighted by Crippen LogP contribution is 2.19. The van der Waals surface area contributed by atoms with E-state index in [0.717, 1.165) is 10.9 Å². The molecule has 0 bridgehead atoms. The van der Waals surface area contributed by atoms with Gasteiger partial charge in [-0.1, -0.05) is 18.2 Å². The number of H-pyrrole nitrogens is 1. The molecule has 2 rings (SSSR count). The standard InChI is InChI=1S/C11H9NO3/c13-10(11(14)15)5-7-6-12-9-4-2-1-3-8(7)9/h1-6,12-13H,(H,14,15)/b10-5-. The molecule has 0 amide bonds. The molecule has 0 radical (unpaired) electrons. The molecule has 3 N–H and O–H groups in total. The van der Waals surface area contributed by atoms with E-state index in [1.54, 1.807) is 6.20 Å². The zero-order valence-corrected chi connectivity index (χ0v) is 7.77. The second-order valence-electron chi connectivity index (χ2n) is 3.12. The van der Waals surface area contributed by atoms with Gasteiger partial charge in [-0.15, -0.1) is 0 Å². The summed E-state index contributed by atoms with van der Waals surface area (Å²) < 4.78 is 0. The number of rotatable bonds is 2. The maximum atomic E-state index is 10.4. The zero-order chi connectivity index (χ0) is 10.8. The normalized spacial score (nSPS) is 11.9. The second-order valence-corrected chi connectivity index (χ2v) is 3.12. The Morgan fingerprint density at radius 2 is 2.00 bits per heavy atom. The molecule has 2 aromatic rings. The lowest BCUT2D eigenvalue weighted by atomic mass is 10.1. The van der Waals surface area contributed by atoms with E-state index in [1.807, 2.05) is 24.3 Å². The number of para-hydroxylation sites is 1. The first-order chi connectivity index (χ1) is 7.18. The van der Waals surface area contributed by atoms with Crippen molar-refractivity contribution in [3.05, 3.63) is 41.8 Å². The molecule has 0 saturated heterocycles. The summed E-state index contributed by atoms with van der Waals surface area (Å²) in [5, 5.41) is 18.5. The molecule has 0 atom stereocenters. The number of aliphatic hydroxyl groups is 1. The number of hydrogen-bond donors (Lipinski definition) is 3. The predicted octanol–water partition coefficient (Wildman–Crippen LogP) is 2.15. The Kier molecular flexibility index (Phi) is 2.17. The van der Waals surface area contributed by atoms with Gasteiger partial charge in [-0.3, -0.25) is 0 Å². The highest BCUT2D eigenvalue weighted by atomic mass is 16.4. The first-order valence-electron chi connectivity index (χ1n) is 4.38. The number of carboxylic acid groups (broad SMARTS) is 1. The van der Waals surface area contributed by atoms with Gasteiger partial charge in [-0.05, 0) is 12.1 Å². The molecular weight excluding hydrogens is 194 g/mol. The van der Waals surface area contributed by atoms with Crippen molar-refractivity contribution in [1.29, 1.82) is 0 Å². The van der Waals surface area contributed by atoms with E-state index >= 15 is 0 Å². The van der Waals surface area contributed by atoms with Crippen molar-refractivity contribution in [1.82, 2.24) is 4.98 Å². The van der Waals surface area contributed by atoms with Crippen molar-refractivity contribution >= 4 is 22.9 Å². The summed E-state index contributed by atoms with van der Waals surface area (Å²) in [6.07, 6.45) is 2.88. The van der Waals surface area contributed by atoms with E-state index in [9.17, 15) is 4.79 Å². The molecule has 0 aliphatic carbocycles. The molecule has 0 spiro atoms. The Bertz CT molecular complexity index is 540. The van der Waals surface area contributed by atoms with E-state index in [1.165, 1.54) is 6.08 Å². The van der Waals surface area contributed by atoms with Crippen molar-refractivity contribution in [2.24, 2.45) is 0 Å². The first-order valence-corrected chi connectivity index (χ1v) is 4.38. The van der Waals surface area contributed by atoms with Crippen LogP contribution in [0.15, 0.2) is 36.2 Å². The zero-order valence-electron chi connectivity index (χ0n) is 7.77. The molecule has 0 fully saturated rings. The highest BCUT2D eigenvalue weighted by Gasteiger charge is 2.06. The van der Waals surface area contributed by atoms with Crippen molar-refractivity contribution in [3.63, 3.8) is 0 Å². The third-order valence-electron chi connectivity index (χ3n) is 2.13. The quantitative estimate of drug-likeness (QED) is 0.517. The van der Waals surface area contributed by atoms with Crippen LogP contribution in [-0.2, 0) is 4.79 Å². The molecule has 4 nitrogen and oxygen atoms in total. The molecule has 1 aromatic heterocycles. The Labute approximate surface area is 85.5 Å². The number of aliphatic hydroxyl groups excluding tert-OH is 1. The number of carbonyl (C=O) groups is 1. The number of aliphatic carboxylic acids is 1. The highest BCUT2D eigenvalue weighted by molar-refractivity contribution is 5.95. The van der Waals surface area contributed by atoms with Crippen molar-refractivity contribution < 1.29 is 15.0 Å². The molecule has 4 heteroatoms. The fourth-order valence-electron chi connectivity index (χ4n) is 1.42. The van der Waals surface area contributed by atoms with Gasteiger partial charge in [0.2, 0.25) is 5.76 Å². The summed E-state index contributed by atoms with van der Waals surface area (Å²) in [6, 6.07) is 7.46. The van der Waals surface area contributed by atoms with Crippen LogP contribution in [0.5, 0.6) is 0 Å². The Morgan fingerprint density at radius 1 is 1.27 bits per heavy atom. The minimum atomic E-state index is -1.33. The van der Waals surface area contributed by atoms with Gasteiger partial charge in [-0.2, -0.15) is 0 Å². The molecule has 76 valence electrons. The molecule has 0 aliphatic heterocycles. The Hall–Kier alpha value is -2.23. The average Bonchev–Trinajstić information content (AvgIpc) is 2.62. The van der Waals surface area contributed by atoms with E-state index < -0.39 is 11.7 Å². The maximum Gasteiger partial charge on any atom is 0.370 e. The number of fused-ring (bicyclic) bond motifs is 1.